The smallest absolute Gasteiger partial charge is 0.251 e. The first-order chi connectivity index (χ1) is 20.6. The maximum Gasteiger partial charge on any atom is 0.251 e. The van der Waals surface area contributed by atoms with Gasteiger partial charge in [-0.2, -0.15) is 0 Å². The summed E-state index contributed by atoms with van der Waals surface area (Å²) in [5, 5.41) is 7.43. The number of rotatable bonds is 10. The lowest BCUT2D eigenvalue weighted by atomic mass is 10.0. The molecular weight excluding hydrogens is 581 g/mol. The van der Waals surface area contributed by atoms with Crippen LogP contribution >= 0.6 is 0 Å². The largest absolute Gasteiger partial charge is 0.437 e. The quantitative estimate of drug-likeness (QED) is 0.203. The van der Waals surface area contributed by atoms with Crippen LogP contribution in [0.5, 0.6) is 11.6 Å². The summed E-state index contributed by atoms with van der Waals surface area (Å²) in [6, 6.07) is 11.5. The lowest BCUT2D eigenvalue weighted by molar-refractivity contribution is 0.0983. The van der Waals surface area contributed by atoms with Crippen LogP contribution in [0.1, 0.15) is 31.2 Å². The van der Waals surface area contributed by atoms with Crippen LogP contribution in [0, 0.1) is 18.7 Å². The average Bonchev–Trinajstić information content (AvgIpc) is 3.62. The first kappa shape index (κ1) is 29.1. The van der Waals surface area contributed by atoms with Crippen molar-refractivity contribution in [3.63, 3.8) is 0 Å². The standard InChI is InChI=1S/C30H31F3N6O3S/c1-18-6-7-21-22(8-9-24(31)26(21)39-43(40,41)15-11-19-16-30(19,32)33)27(18)42-28-23(5-3-13-35-28)25-10-14-36-29(38-25)37-20-4-2-12-34-17-20/h3,5-10,13-14,19-20,34,39H,2,4,11-12,15-17H2,1H3,(H,36,37,38)/t19?,20-/m0/s1. The summed E-state index contributed by atoms with van der Waals surface area (Å²) in [5.74, 6) is -4.04. The SMILES string of the molecule is Cc1ccc2c(NS(=O)(=O)CCC3CC3(F)F)c(F)ccc2c1Oc1ncccc1-c1ccnc(N[C@H]2CCCNC2)n1. The number of ether oxygens (including phenoxy) is 1. The molecule has 1 unspecified atom stereocenters. The summed E-state index contributed by atoms with van der Waals surface area (Å²) in [7, 11) is -4.09. The summed E-state index contributed by atoms with van der Waals surface area (Å²) < 4.78 is 75.7. The Morgan fingerprint density at radius 1 is 1.09 bits per heavy atom. The monoisotopic (exact) mass is 612 g/mol. The highest BCUT2D eigenvalue weighted by atomic mass is 32.2. The number of aryl methyl sites for hydroxylation is 1. The van der Waals surface area contributed by atoms with Crippen molar-refractivity contribution in [2.45, 2.75) is 44.6 Å². The molecule has 0 bridgehead atoms. The number of sulfonamides is 1. The molecule has 2 fully saturated rings. The third kappa shape index (κ3) is 6.52. The lowest BCUT2D eigenvalue weighted by Gasteiger charge is -2.23. The molecule has 1 saturated heterocycles. The highest BCUT2D eigenvalue weighted by Gasteiger charge is 2.56. The van der Waals surface area contributed by atoms with Crippen molar-refractivity contribution < 1.29 is 26.3 Å². The average molecular weight is 613 g/mol. The van der Waals surface area contributed by atoms with Gasteiger partial charge in [0.2, 0.25) is 21.9 Å². The van der Waals surface area contributed by atoms with Gasteiger partial charge in [0.25, 0.3) is 5.92 Å². The first-order valence-corrected chi connectivity index (χ1v) is 15.8. The number of hydrogen-bond donors (Lipinski definition) is 3. The second kappa shape index (κ2) is 11.6. The van der Waals surface area contributed by atoms with Crippen molar-refractivity contribution >= 4 is 32.4 Å². The number of alkyl halides is 2. The van der Waals surface area contributed by atoms with Gasteiger partial charge in [0.05, 0.1) is 22.7 Å². The summed E-state index contributed by atoms with van der Waals surface area (Å²) >= 11 is 0. The van der Waals surface area contributed by atoms with Gasteiger partial charge in [-0.05, 0) is 68.6 Å². The number of aromatic nitrogens is 3. The Bertz CT molecular complexity index is 1770. The maximum atomic E-state index is 15.0. The minimum Gasteiger partial charge on any atom is -0.437 e. The van der Waals surface area contributed by atoms with Crippen LogP contribution in [0.15, 0.2) is 54.9 Å². The van der Waals surface area contributed by atoms with E-state index in [1.54, 1.807) is 36.7 Å². The van der Waals surface area contributed by atoms with E-state index in [2.05, 4.69) is 25.3 Å². The zero-order valence-electron chi connectivity index (χ0n) is 23.4. The van der Waals surface area contributed by atoms with E-state index in [0.29, 0.717) is 33.9 Å². The van der Waals surface area contributed by atoms with Crippen molar-refractivity contribution in [3.05, 3.63) is 66.2 Å². The maximum absolute atomic E-state index is 15.0. The Hall–Kier alpha value is -3.97. The van der Waals surface area contributed by atoms with Crippen LogP contribution in [0.4, 0.5) is 24.8 Å². The van der Waals surface area contributed by atoms with E-state index >= 15 is 4.39 Å². The highest BCUT2D eigenvalue weighted by Crippen LogP contribution is 2.50. The Labute approximate surface area is 247 Å². The molecule has 0 radical (unpaired) electrons. The molecule has 0 spiro atoms. The molecule has 4 aromatic rings. The van der Waals surface area contributed by atoms with Gasteiger partial charge < -0.3 is 15.4 Å². The van der Waals surface area contributed by atoms with E-state index in [9.17, 15) is 17.2 Å². The van der Waals surface area contributed by atoms with Gasteiger partial charge in [-0.15, -0.1) is 0 Å². The molecule has 2 aromatic carbocycles. The summed E-state index contributed by atoms with van der Waals surface area (Å²) in [5.41, 5.74) is 1.62. The number of fused-ring (bicyclic) bond motifs is 1. The van der Waals surface area contributed by atoms with Gasteiger partial charge in [0.1, 0.15) is 11.6 Å². The summed E-state index contributed by atoms with van der Waals surface area (Å²) in [4.78, 5) is 13.5. The molecule has 226 valence electrons. The normalized spacial score (nSPS) is 19.6. The summed E-state index contributed by atoms with van der Waals surface area (Å²) in [6.45, 7) is 3.63. The predicted octanol–water partition coefficient (Wildman–Crippen LogP) is 5.88. The van der Waals surface area contributed by atoms with Crippen LogP contribution in [0.3, 0.4) is 0 Å². The zero-order valence-corrected chi connectivity index (χ0v) is 24.2. The third-order valence-electron chi connectivity index (χ3n) is 7.78. The second-order valence-corrected chi connectivity index (χ2v) is 12.9. The molecule has 1 aliphatic carbocycles. The molecule has 9 nitrogen and oxygen atoms in total. The predicted molar refractivity (Wildman–Crippen MR) is 159 cm³/mol. The number of halogens is 3. The van der Waals surface area contributed by atoms with Crippen LogP contribution in [-0.4, -0.2) is 54.2 Å². The molecule has 43 heavy (non-hydrogen) atoms. The number of pyridine rings is 1. The molecule has 1 saturated carbocycles. The van der Waals surface area contributed by atoms with Gasteiger partial charge >= 0.3 is 0 Å². The third-order valence-corrected chi connectivity index (χ3v) is 9.07. The van der Waals surface area contributed by atoms with Gasteiger partial charge in [0, 0.05) is 48.1 Å². The molecule has 6 rings (SSSR count). The van der Waals surface area contributed by atoms with Gasteiger partial charge in [0.15, 0.2) is 0 Å². The number of hydrogen-bond acceptors (Lipinski definition) is 8. The zero-order chi connectivity index (χ0) is 30.2. The van der Waals surface area contributed by atoms with Crippen LogP contribution < -0.4 is 20.1 Å². The Morgan fingerprint density at radius 2 is 1.91 bits per heavy atom. The number of benzene rings is 2. The fourth-order valence-electron chi connectivity index (χ4n) is 5.29. The van der Waals surface area contributed by atoms with Gasteiger partial charge in [-0.25, -0.2) is 36.5 Å². The Morgan fingerprint density at radius 3 is 2.67 bits per heavy atom. The first-order valence-electron chi connectivity index (χ1n) is 14.1. The molecule has 13 heteroatoms. The molecule has 2 atom stereocenters. The molecule has 3 heterocycles. The topological polar surface area (TPSA) is 118 Å². The Kier molecular flexibility index (Phi) is 7.86. The second-order valence-electron chi connectivity index (χ2n) is 11.0. The fraction of sp³-hybridized carbons (Fsp3) is 0.367. The van der Waals surface area contributed by atoms with Crippen LogP contribution in [0.25, 0.3) is 22.0 Å². The van der Waals surface area contributed by atoms with Gasteiger partial charge in [-0.1, -0.05) is 12.1 Å². The molecule has 2 aliphatic rings. The number of nitrogens with one attached hydrogen (secondary N) is 3. The van der Waals surface area contributed by atoms with E-state index in [-0.39, 0.29) is 35.8 Å². The fourth-order valence-corrected chi connectivity index (χ4v) is 6.50. The van der Waals surface area contributed by atoms with Crippen molar-refractivity contribution in [1.29, 1.82) is 0 Å². The highest BCUT2D eigenvalue weighted by molar-refractivity contribution is 7.92. The van der Waals surface area contributed by atoms with Crippen molar-refractivity contribution in [1.82, 2.24) is 20.3 Å². The lowest BCUT2D eigenvalue weighted by Crippen LogP contribution is -2.38. The molecule has 1 aliphatic heterocycles. The number of nitrogens with zero attached hydrogens (tertiary/aromatic N) is 3. The number of piperidine rings is 1. The molecule has 0 amide bonds. The summed E-state index contributed by atoms with van der Waals surface area (Å²) in [6.07, 6.45) is 4.78. The van der Waals surface area contributed by atoms with Gasteiger partial charge in [-0.3, -0.25) is 4.72 Å². The van der Waals surface area contributed by atoms with E-state index in [4.69, 9.17) is 9.72 Å². The van der Waals surface area contributed by atoms with E-state index in [0.717, 1.165) is 32.0 Å². The van der Waals surface area contributed by atoms with E-state index in [1.807, 2.05) is 13.0 Å². The van der Waals surface area contributed by atoms with Crippen molar-refractivity contribution in [2.75, 3.05) is 28.9 Å². The molecule has 2 aromatic heterocycles. The van der Waals surface area contributed by atoms with Crippen LogP contribution in [0.2, 0.25) is 0 Å². The molecule has 3 N–H and O–H groups in total. The number of anilines is 2. The minimum absolute atomic E-state index is 0.206. The van der Waals surface area contributed by atoms with Crippen LogP contribution in [-0.2, 0) is 10.0 Å². The van der Waals surface area contributed by atoms with E-state index in [1.165, 1.54) is 6.07 Å². The Balaban J connectivity index is 1.29. The molecular formula is C30H31F3N6O3S. The minimum atomic E-state index is -4.09. The van der Waals surface area contributed by atoms with Crippen molar-refractivity contribution in [2.24, 2.45) is 5.92 Å². The van der Waals surface area contributed by atoms with Crippen molar-refractivity contribution in [3.8, 4) is 22.9 Å². The van der Waals surface area contributed by atoms with E-state index < -0.39 is 33.4 Å².